The molecule has 0 spiro atoms. The summed E-state index contributed by atoms with van der Waals surface area (Å²) in [7, 11) is 0. The number of hydrogen-bond acceptors (Lipinski definition) is 2. The van der Waals surface area contributed by atoms with Crippen LogP contribution in [0.4, 0.5) is 0 Å². The number of hydrogen-bond donors (Lipinski definition) is 1. The standard InChI is InChI=1S/C8H15N3S/c1-7(2)4-5-12-11-6-8(3)9-10-11/h6-7H,4-5H2,1-3H3/p+1. The van der Waals surface area contributed by atoms with Crippen molar-refractivity contribution in [1.82, 2.24) is 10.3 Å². The predicted octanol–water partition coefficient (Wildman–Crippen LogP) is 1.55. The van der Waals surface area contributed by atoms with E-state index in [0.29, 0.717) is 0 Å². The Morgan fingerprint density at radius 2 is 2.42 bits per heavy atom. The molecule has 0 aromatic carbocycles. The summed E-state index contributed by atoms with van der Waals surface area (Å²) in [6.45, 7) is 6.46. The van der Waals surface area contributed by atoms with Crippen LogP contribution in [0.25, 0.3) is 0 Å². The summed E-state index contributed by atoms with van der Waals surface area (Å²) >= 11 is 1.77. The maximum atomic E-state index is 4.03. The molecule has 0 aliphatic rings. The second-order valence-corrected chi connectivity index (χ2v) is 4.38. The van der Waals surface area contributed by atoms with E-state index < -0.39 is 0 Å². The molecule has 0 unspecified atom stereocenters. The number of aromatic amines is 1. The molecule has 3 nitrogen and oxygen atoms in total. The number of aryl methyl sites for hydroxylation is 1. The lowest BCUT2D eigenvalue weighted by atomic mass is 10.2. The van der Waals surface area contributed by atoms with Crippen LogP contribution in [0.3, 0.4) is 0 Å². The molecule has 0 aliphatic carbocycles. The smallest absolute Gasteiger partial charge is 0.0977 e. The molecular weight excluding hydrogens is 170 g/mol. The average molecular weight is 186 g/mol. The molecule has 68 valence electrons. The van der Waals surface area contributed by atoms with Crippen molar-refractivity contribution in [2.75, 3.05) is 5.75 Å². The van der Waals surface area contributed by atoms with Crippen molar-refractivity contribution in [2.45, 2.75) is 27.2 Å². The van der Waals surface area contributed by atoms with E-state index in [0.717, 1.165) is 17.4 Å². The molecule has 1 N–H and O–H groups in total. The minimum Gasteiger partial charge on any atom is -0.0977 e. The molecule has 0 amide bonds. The summed E-state index contributed by atoms with van der Waals surface area (Å²) in [5, 5.41) is 6.94. The molecule has 12 heavy (non-hydrogen) atoms. The second-order valence-electron chi connectivity index (χ2n) is 3.32. The highest BCUT2D eigenvalue weighted by Gasteiger charge is 2.04. The molecule has 0 aliphatic heterocycles. The number of rotatable bonds is 4. The largest absolute Gasteiger partial charge is 0.216 e. The maximum Gasteiger partial charge on any atom is 0.216 e. The molecular formula is C8H16N3S+. The normalized spacial score (nSPS) is 11.0. The number of nitrogens with zero attached hydrogens (tertiary/aromatic N) is 2. The fraction of sp³-hybridized carbons (Fsp3) is 0.750. The van der Waals surface area contributed by atoms with Gasteiger partial charge in [0.05, 0.1) is 11.9 Å². The number of aromatic nitrogens is 3. The molecule has 0 atom stereocenters. The van der Waals surface area contributed by atoms with Crippen LogP contribution in [0.5, 0.6) is 0 Å². The molecule has 0 radical (unpaired) electrons. The Kier molecular flexibility index (Phi) is 3.59. The summed E-state index contributed by atoms with van der Waals surface area (Å²) in [6, 6.07) is 0. The zero-order valence-corrected chi connectivity index (χ0v) is 8.69. The van der Waals surface area contributed by atoms with Gasteiger partial charge in [0.15, 0.2) is 6.20 Å². The van der Waals surface area contributed by atoms with Gasteiger partial charge in [-0.2, -0.15) is 0 Å². The van der Waals surface area contributed by atoms with E-state index in [9.17, 15) is 0 Å². The lowest BCUT2D eigenvalue weighted by molar-refractivity contribution is -0.564. The lowest BCUT2D eigenvalue weighted by Crippen LogP contribution is -2.26. The van der Waals surface area contributed by atoms with Crippen LogP contribution in [0.1, 0.15) is 26.0 Å². The minimum atomic E-state index is 0.780. The van der Waals surface area contributed by atoms with Crippen molar-refractivity contribution in [1.29, 1.82) is 0 Å². The summed E-state index contributed by atoms with van der Waals surface area (Å²) in [6.07, 6.45) is 3.25. The molecule has 0 bridgehead atoms. The summed E-state index contributed by atoms with van der Waals surface area (Å²) in [4.78, 5) is 0. The number of nitrogens with one attached hydrogen (secondary N) is 1. The van der Waals surface area contributed by atoms with Gasteiger partial charge in [0.25, 0.3) is 0 Å². The zero-order valence-electron chi connectivity index (χ0n) is 7.87. The van der Waals surface area contributed by atoms with Crippen LogP contribution in [-0.2, 0) is 0 Å². The van der Waals surface area contributed by atoms with Gasteiger partial charge in [0, 0.05) is 17.8 Å². The highest BCUT2D eigenvalue weighted by molar-refractivity contribution is 7.92. The molecule has 0 saturated carbocycles. The Bertz CT molecular complexity index is 232. The van der Waals surface area contributed by atoms with Crippen LogP contribution in [0.2, 0.25) is 0 Å². The molecule has 1 rings (SSSR count). The van der Waals surface area contributed by atoms with E-state index in [1.807, 2.05) is 17.2 Å². The van der Waals surface area contributed by atoms with Crippen molar-refractivity contribution in [2.24, 2.45) is 5.92 Å². The SMILES string of the molecule is Cc1c[n+](SCCC(C)C)[nH]n1. The Hall–Kier alpha value is -0.510. The third-order valence-corrected chi connectivity index (χ3v) is 2.44. The summed E-state index contributed by atoms with van der Waals surface area (Å²) in [5.74, 6) is 1.92. The zero-order chi connectivity index (χ0) is 8.97. The average Bonchev–Trinajstić information content (AvgIpc) is 2.35. The predicted molar refractivity (Wildman–Crippen MR) is 50.8 cm³/mol. The van der Waals surface area contributed by atoms with E-state index in [4.69, 9.17) is 0 Å². The fourth-order valence-corrected chi connectivity index (χ4v) is 1.91. The van der Waals surface area contributed by atoms with Crippen molar-refractivity contribution < 1.29 is 4.09 Å². The van der Waals surface area contributed by atoms with Crippen LogP contribution in [0.15, 0.2) is 6.20 Å². The Balaban J connectivity index is 2.24. The minimum absolute atomic E-state index is 0.780. The molecule has 1 aromatic rings. The second kappa shape index (κ2) is 4.50. The van der Waals surface area contributed by atoms with Gasteiger partial charge in [0.2, 0.25) is 5.69 Å². The van der Waals surface area contributed by atoms with E-state index in [-0.39, 0.29) is 0 Å². The monoisotopic (exact) mass is 186 g/mol. The first kappa shape index (κ1) is 9.58. The van der Waals surface area contributed by atoms with E-state index in [1.54, 1.807) is 11.9 Å². The fourth-order valence-electron chi connectivity index (χ4n) is 0.808. The van der Waals surface area contributed by atoms with Crippen molar-refractivity contribution in [3.63, 3.8) is 0 Å². The van der Waals surface area contributed by atoms with Crippen molar-refractivity contribution in [3.05, 3.63) is 11.9 Å². The van der Waals surface area contributed by atoms with Crippen LogP contribution in [0, 0.1) is 12.8 Å². The van der Waals surface area contributed by atoms with Gasteiger partial charge in [-0.1, -0.05) is 17.9 Å². The quantitative estimate of drug-likeness (QED) is 0.724. The Labute approximate surface area is 77.7 Å². The van der Waals surface area contributed by atoms with Gasteiger partial charge in [0.1, 0.15) is 0 Å². The molecule has 1 aromatic heterocycles. The third kappa shape index (κ3) is 3.26. The lowest BCUT2D eigenvalue weighted by Gasteiger charge is -1.99. The maximum absolute atomic E-state index is 4.03. The first-order valence-corrected chi connectivity index (χ1v) is 5.19. The molecule has 0 fully saturated rings. The van der Waals surface area contributed by atoms with Crippen LogP contribution in [-0.4, -0.2) is 16.1 Å². The first-order chi connectivity index (χ1) is 5.68. The molecule has 4 heteroatoms. The number of H-pyrrole nitrogens is 1. The molecule has 1 heterocycles. The highest BCUT2D eigenvalue weighted by Crippen LogP contribution is 2.04. The topological polar surface area (TPSA) is 32.6 Å². The first-order valence-electron chi connectivity index (χ1n) is 4.25. The Morgan fingerprint density at radius 3 is 2.92 bits per heavy atom. The Morgan fingerprint density at radius 1 is 1.67 bits per heavy atom. The highest BCUT2D eigenvalue weighted by atomic mass is 32.2. The third-order valence-electron chi connectivity index (χ3n) is 1.55. The van der Waals surface area contributed by atoms with Gasteiger partial charge >= 0.3 is 0 Å². The van der Waals surface area contributed by atoms with Gasteiger partial charge < -0.3 is 0 Å². The van der Waals surface area contributed by atoms with Crippen LogP contribution >= 0.6 is 11.9 Å². The van der Waals surface area contributed by atoms with E-state index in [2.05, 4.69) is 24.2 Å². The van der Waals surface area contributed by atoms with Gasteiger partial charge in [-0.15, -0.1) is 0 Å². The van der Waals surface area contributed by atoms with E-state index >= 15 is 0 Å². The van der Waals surface area contributed by atoms with Gasteiger partial charge in [-0.3, -0.25) is 0 Å². The summed E-state index contributed by atoms with van der Waals surface area (Å²) < 4.78 is 1.96. The summed E-state index contributed by atoms with van der Waals surface area (Å²) in [5.41, 5.74) is 1.03. The van der Waals surface area contributed by atoms with Crippen molar-refractivity contribution in [3.8, 4) is 0 Å². The molecule has 0 saturated heterocycles. The van der Waals surface area contributed by atoms with Crippen molar-refractivity contribution >= 4 is 11.9 Å². The van der Waals surface area contributed by atoms with Gasteiger partial charge in [-0.05, 0) is 17.6 Å². The van der Waals surface area contributed by atoms with E-state index in [1.165, 1.54) is 6.42 Å². The van der Waals surface area contributed by atoms with Crippen LogP contribution < -0.4 is 4.09 Å². The van der Waals surface area contributed by atoms with Gasteiger partial charge in [-0.25, -0.2) is 0 Å².